The van der Waals surface area contributed by atoms with Crippen LogP contribution < -0.4 is 9.03 Å². The number of rotatable bonds is 2. The molecule has 2 nitrogen and oxygen atoms in total. The van der Waals surface area contributed by atoms with Crippen LogP contribution in [0, 0.1) is 6.92 Å². The Morgan fingerprint density at radius 1 is 0.903 bits per heavy atom. The zero-order valence-corrected chi connectivity index (χ0v) is 19.3. The average molecular weight is 471 g/mol. The molecule has 1 aliphatic rings. The van der Waals surface area contributed by atoms with E-state index in [0.29, 0.717) is 6.42 Å². The Bertz CT molecular complexity index is 1550. The number of nitrogens with zero attached hydrogens (tertiary/aromatic N) is 1. The van der Waals surface area contributed by atoms with Crippen molar-refractivity contribution in [2.45, 2.75) is 25.0 Å². The van der Waals surface area contributed by atoms with Gasteiger partial charge in [0.2, 0.25) is 0 Å². The Balaban J connectivity index is 1.67. The summed E-state index contributed by atoms with van der Waals surface area (Å²) in [5.74, 6) is 0. The van der Waals surface area contributed by atoms with Crippen molar-refractivity contribution in [1.82, 2.24) is 0 Å². The van der Waals surface area contributed by atoms with Crippen LogP contribution in [0.3, 0.4) is 0 Å². The molecule has 0 aliphatic carbocycles. The van der Waals surface area contributed by atoms with Gasteiger partial charge in [-0.1, -0.05) is 0 Å². The standard InChI is InChI=1S/C28H24NOSe/c1-18-14-15-22-20-10-6-11-21(23-12-5-8-19-9-7-17-31-28(19)23)26(20)30-27(22)25(18)24-13-3-4-16-29(24)2/h3-6,8,10-16H,7,9,17H2,1-2H3/q+1/i9D2. The van der Waals surface area contributed by atoms with Gasteiger partial charge in [-0.05, 0) is 0 Å². The molecular formula is C28H24NOSe+. The van der Waals surface area contributed by atoms with Gasteiger partial charge >= 0.3 is 192 Å². The van der Waals surface area contributed by atoms with Crippen molar-refractivity contribution in [1.29, 1.82) is 0 Å². The van der Waals surface area contributed by atoms with Gasteiger partial charge in [0.05, 0.1) is 0 Å². The molecule has 0 saturated heterocycles. The first-order valence-electron chi connectivity index (χ1n) is 11.6. The summed E-state index contributed by atoms with van der Waals surface area (Å²) in [6.07, 6.45) is 1.41. The van der Waals surface area contributed by atoms with Gasteiger partial charge in [0.1, 0.15) is 0 Å². The molecule has 0 saturated carbocycles. The Labute approximate surface area is 191 Å². The van der Waals surface area contributed by atoms with Crippen LogP contribution in [0.25, 0.3) is 44.3 Å². The van der Waals surface area contributed by atoms with Crippen LogP contribution in [0.4, 0.5) is 0 Å². The van der Waals surface area contributed by atoms with Crippen LogP contribution in [-0.4, -0.2) is 15.0 Å². The molecule has 3 heteroatoms. The number of hydrogen-bond acceptors (Lipinski definition) is 1. The first kappa shape index (κ1) is 16.8. The van der Waals surface area contributed by atoms with Gasteiger partial charge in [-0.15, -0.1) is 0 Å². The number of para-hydroxylation sites is 1. The molecule has 3 aromatic carbocycles. The predicted molar refractivity (Wildman–Crippen MR) is 129 cm³/mol. The van der Waals surface area contributed by atoms with Crippen LogP contribution in [0.5, 0.6) is 0 Å². The van der Waals surface area contributed by atoms with Gasteiger partial charge in [-0.2, -0.15) is 0 Å². The second kappa shape index (κ2) is 7.37. The van der Waals surface area contributed by atoms with Crippen LogP contribution in [0.2, 0.25) is 5.32 Å². The summed E-state index contributed by atoms with van der Waals surface area (Å²) in [4.78, 5) is 0. The van der Waals surface area contributed by atoms with E-state index in [1.54, 1.807) is 0 Å². The Morgan fingerprint density at radius 2 is 1.74 bits per heavy atom. The van der Waals surface area contributed by atoms with Crippen molar-refractivity contribution in [2.75, 3.05) is 0 Å². The first-order valence-corrected chi connectivity index (χ1v) is 12.7. The molecular weight excluding hydrogens is 445 g/mol. The fraction of sp³-hybridized carbons (Fsp3) is 0.179. The minimum atomic E-state index is -1.26. The molecule has 0 bridgehead atoms. The fourth-order valence-electron chi connectivity index (χ4n) is 4.66. The molecule has 6 rings (SSSR count). The van der Waals surface area contributed by atoms with Crippen LogP contribution in [0.1, 0.15) is 20.3 Å². The van der Waals surface area contributed by atoms with E-state index in [4.69, 9.17) is 7.16 Å². The second-order valence-corrected chi connectivity index (χ2v) is 10.4. The fourth-order valence-corrected chi connectivity index (χ4v) is 6.83. The third kappa shape index (κ3) is 2.96. The van der Waals surface area contributed by atoms with Crippen LogP contribution in [-0.2, 0) is 13.4 Å². The van der Waals surface area contributed by atoms with Gasteiger partial charge < -0.3 is 0 Å². The molecule has 0 fully saturated rings. The van der Waals surface area contributed by atoms with Crippen molar-refractivity contribution < 1.29 is 11.7 Å². The molecule has 152 valence electrons. The maximum absolute atomic E-state index is 8.54. The SMILES string of the molecule is [2H]C1([2H])CC[Se]c2c(-c3cccc4c3oc3c(-c5cccc[n+]5C)c(C)ccc34)cccc21. The molecule has 5 aromatic rings. The number of aromatic nitrogens is 1. The summed E-state index contributed by atoms with van der Waals surface area (Å²) in [6, 6.07) is 23.0. The summed E-state index contributed by atoms with van der Waals surface area (Å²) in [5.41, 5.74) is 8.23. The van der Waals surface area contributed by atoms with Gasteiger partial charge in [-0.3, -0.25) is 0 Å². The zero-order chi connectivity index (χ0) is 22.7. The van der Waals surface area contributed by atoms with Crippen molar-refractivity contribution in [3.63, 3.8) is 0 Å². The molecule has 0 atom stereocenters. The molecule has 0 amide bonds. The van der Waals surface area contributed by atoms with E-state index in [1.807, 2.05) is 18.2 Å². The number of furan rings is 1. The van der Waals surface area contributed by atoms with Crippen molar-refractivity contribution >= 4 is 41.4 Å². The number of fused-ring (bicyclic) bond motifs is 4. The molecule has 2 aromatic heterocycles. The number of hydrogen-bond donors (Lipinski definition) is 0. The Hall–Kier alpha value is -2.87. The van der Waals surface area contributed by atoms with Crippen molar-refractivity contribution in [3.05, 3.63) is 84.1 Å². The van der Waals surface area contributed by atoms with Crippen LogP contribution >= 0.6 is 0 Å². The quantitative estimate of drug-likeness (QED) is 0.237. The van der Waals surface area contributed by atoms with E-state index < -0.39 is 6.37 Å². The van der Waals surface area contributed by atoms with Gasteiger partial charge in [0.15, 0.2) is 0 Å². The van der Waals surface area contributed by atoms with E-state index >= 15 is 0 Å². The summed E-state index contributed by atoms with van der Waals surface area (Å²) in [7, 11) is 2.06. The maximum atomic E-state index is 8.54. The topological polar surface area (TPSA) is 17.0 Å². The van der Waals surface area contributed by atoms with Crippen LogP contribution in [0.15, 0.2) is 77.3 Å². The molecule has 1 aliphatic heterocycles. The van der Waals surface area contributed by atoms with E-state index in [0.717, 1.165) is 55.2 Å². The first-order chi connectivity index (χ1) is 16.0. The number of aryl methyl sites for hydroxylation is 3. The summed E-state index contributed by atoms with van der Waals surface area (Å²) in [6.45, 7) is 2.13. The molecule has 0 N–H and O–H groups in total. The zero-order valence-electron chi connectivity index (χ0n) is 19.6. The summed E-state index contributed by atoms with van der Waals surface area (Å²) < 4.78 is 27.1. The van der Waals surface area contributed by atoms with Gasteiger partial charge in [0.25, 0.3) is 0 Å². The van der Waals surface area contributed by atoms with Crippen molar-refractivity contribution in [3.8, 4) is 22.4 Å². The summed E-state index contributed by atoms with van der Waals surface area (Å²) >= 11 is 0.255. The van der Waals surface area contributed by atoms with Gasteiger partial charge in [0, 0.05) is 0 Å². The minimum absolute atomic E-state index is 0.255. The number of benzene rings is 3. The van der Waals surface area contributed by atoms with Crippen molar-refractivity contribution in [2.24, 2.45) is 7.05 Å². The van der Waals surface area contributed by atoms with E-state index in [1.165, 1.54) is 10.0 Å². The molecule has 31 heavy (non-hydrogen) atoms. The summed E-state index contributed by atoms with van der Waals surface area (Å²) in [5, 5.41) is 3.14. The molecule has 0 spiro atoms. The third-order valence-corrected chi connectivity index (χ3v) is 8.54. The molecule has 0 unspecified atom stereocenters. The monoisotopic (exact) mass is 472 g/mol. The van der Waals surface area contributed by atoms with Gasteiger partial charge in [-0.25, -0.2) is 0 Å². The van der Waals surface area contributed by atoms with E-state index in [9.17, 15) is 0 Å². The van der Waals surface area contributed by atoms with E-state index in [2.05, 4.69) is 73.3 Å². The third-order valence-electron chi connectivity index (χ3n) is 6.16. The predicted octanol–water partition coefficient (Wildman–Crippen LogP) is 5.75. The number of pyridine rings is 1. The second-order valence-electron chi connectivity index (χ2n) is 8.07. The average Bonchev–Trinajstić information content (AvgIpc) is 3.18. The normalized spacial score (nSPS) is 16.2. The molecule has 3 heterocycles. The van der Waals surface area contributed by atoms with E-state index in [-0.39, 0.29) is 15.0 Å². The Morgan fingerprint density at radius 3 is 2.65 bits per heavy atom. The Kier molecular flexibility index (Phi) is 3.99. The molecule has 0 radical (unpaired) electrons.